The number of carbonyl (C=O) groups excluding carboxylic acids is 1. The maximum absolute atomic E-state index is 12.1. The van der Waals surface area contributed by atoms with E-state index in [1.165, 1.54) is 0 Å². The second kappa shape index (κ2) is 6.02. The van der Waals surface area contributed by atoms with Crippen LogP contribution < -0.4 is 10.1 Å². The van der Waals surface area contributed by atoms with E-state index < -0.39 is 17.2 Å². The van der Waals surface area contributed by atoms with E-state index in [0.29, 0.717) is 10.8 Å². The van der Waals surface area contributed by atoms with Crippen molar-refractivity contribution in [1.82, 2.24) is 5.32 Å². The third kappa shape index (κ3) is 4.39. The van der Waals surface area contributed by atoms with E-state index in [2.05, 4.69) is 5.32 Å². The van der Waals surface area contributed by atoms with Crippen LogP contribution in [-0.2, 0) is 4.79 Å². The highest BCUT2D eigenvalue weighted by Gasteiger charge is 2.37. The summed E-state index contributed by atoms with van der Waals surface area (Å²) in [6, 6.07) is 6.86. The first-order valence-electron chi connectivity index (χ1n) is 6.49. The Morgan fingerprint density at radius 1 is 1.35 bits per heavy atom. The van der Waals surface area contributed by atoms with Crippen LogP contribution >= 0.6 is 11.6 Å². The van der Waals surface area contributed by atoms with Gasteiger partial charge in [-0.2, -0.15) is 0 Å². The molecular weight excluding hydrogens is 278 g/mol. The third-order valence-corrected chi connectivity index (χ3v) is 3.68. The standard InChI is InChI=1S/C15H22ClNO3/c1-10(20-12-8-6-7-11(16)9-12)13(18)17-14(2,3)15(4,5)19/h6-10,19H,1-5H3,(H,17,18). The molecule has 0 heterocycles. The molecule has 0 radical (unpaired) electrons. The second-order valence-electron chi connectivity index (χ2n) is 5.89. The molecule has 0 saturated carbocycles. The molecule has 1 aromatic rings. The van der Waals surface area contributed by atoms with Crippen LogP contribution in [-0.4, -0.2) is 28.3 Å². The summed E-state index contributed by atoms with van der Waals surface area (Å²) in [5.74, 6) is 0.235. The molecule has 0 bridgehead atoms. The number of carbonyl (C=O) groups is 1. The van der Waals surface area contributed by atoms with Crippen LogP contribution in [0.4, 0.5) is 0 Å². The van der Waals surface area contributed by atoms with Crippen molar-refractivity contribution in [3.05, 3.63) is 29.3 Å². The van der Waals surface area contributed by atoms with E-state index in [1.807, 2.05) is 0 Å². The van der Waals surface area contributed by atoms with Gasteiger partial charge in [-0.3, -0.25) is 4.79 Å². The number of aliphatic hydroxyl groups is 1. The summed E-state index contributed by atoms with van der Waals surface area (Å²) in [4.78, 5) is 12.1. The fraction of sp³-hybridized carbons (Fsp3) is 0.533. The normalized spacial score (nSPS) is 13.8. The van der Waals surface area contributed by atoms with Gasteiger partial charge in [0.2, 0.25) is 0 Å². The summed E-state index contributed by atoms with van der Waals surface area (Å²) in [6.45, 7) is 8.47. The SMILES string of the molecule is CC(Oc1cccc(Cl)c1)C(=O)NC(C)(C)C(C)(C)O. The molecule has 1 amide bonds. The number of nitrogens with one attached hydrogen (secondary N) is 1. The monoisotopic (exact) mass is 299 g/mol. The molecule has 0 saturated heterocycles. The molecule has 1 unspecified atom stereocenters. The van der Waals surface area contributed by atoms with Crippen LogP contribution in [0.25, 0.3) is 0 Å². The summed E-state index contributed by atoms with van der Waals surface area (Å²) >= 11 is 5.86. The molecule has 0 aliphatic rings. The minimum absolute atomic E-state index is 0.294. The zero-order valence-electron chi connectivity index (χ0n) is 12.5. The van der Waals surface area contributed by atoms with E-state index in [4.69, 9.17) is 16.3 Å². The van der Waals surface area contributed by atoms with Crippen molar-refractivity contribution in [2.75, 3.05) is 0 Å². The number of benzene rings is 1. The number of halogens is 1. The van der Waals surface area contributed by atoms with Gasteiger partial charge < -0.3 is 15.2 Å². The number of hydrogen-bond donors (Lipinski definition) is 2. The van der Waals surface area contributed by atoms with Gasteiger partial charge in [-0.25, -0.2) is 0 Å². The highest BCUT2D eigenvalue weighted by Crippen LogP contribution is 2.22. The van der Waals surface area contributed by atoms with Gasteiger partial charge in [0.15, 0.2) is 6.10 Å². The third-order valence-electron chi connectivity index (χ3n) is 3.44. The van der Waals surface area contributed by atoms with Gasteiger partial charge in [-0.1, -0.05) is 17.7 Å². The Bertz CT molecular complexity index is 480. The van der Waals surface area contributed by atoms with Gasteiger partial charge in [0.1, 0.15) is 5.75 Å². The lowest BCUT2D eigenvalue weighted by Gasteiger charge is -2.38. The first-order valence-corrected chi connectivity index (χ1v) is 6.87. The Balaban J connectivity index is 2.69. The van der Waals surface area contributed by atoms with Crippen molar-refractivity contribution in [3.63, 3.8) is 0 Å². The molecule has 5 heteroatoms. The highest BCUT2D eigenvalue weighted by molar-refractivity contribution is 6.30. The number of hydrogen-bond acceptors (Lipinski definition) is 3. The molecule has 1 aromatic carbocycles. The number of rotatable bonds is 5. The van der Waals surface area contributed by atoms with Crippen LogP contribution in [0.2, 0.25) is 5.02 Å². The molecule has 4 nitrogen and oxygen atoms in total. The molecule has 0 fully saturated rings. The van der Waals surface area contributed by atoms with Gasteiger partial charge >= 0.3 is 0 Å². The molecule has 0 aliphatic heterocycles. The van der Waals surface area contributed by atoms with E-state index in [1.54, 1.807) is 58.9 Å². The van der Waals surface area contributed by atoms with Crippen LogP contribution in [0.1, 0.15) is 34.6 Å². The van der Waals surface area contributed by atoms with Gasteiger partial charge in [-0.05, 0) is 52.8 Å². The molecule has 1 rings (SSSR count). The van der Waals surface area contributed by atoms with Crippen molar-refractivity contribution in [2.24, 2.45) is 0 Å². The maximum Gasteiger partial charge on any atom is 0.261 e. The minimum Gasteiger partial charge on any atom is -0.481 e. The van der Waals surface area contributed by atoms with E-state index in [-0.39, 0.29) is 5.91 Å². The van der Waals surface area contributed by atoms with Crippen LogP contribution in [0.5, 0.6) is 5.75 Å². The van der Waals surface area contributed by atoms with Crippen molar-refractivity contribution < 1.29 is 14.6 Å². The molecule has 1 atom stereocenters. The molecule has 0 spiro atoms. The van der Waals surface area contributed by atoms with E-state index in [9.17, 15) is 9.90 Å². The Morgan fingerprint density at radius 3 is 2.45 bits per heavy atom. The summed E-state index contributed by atoms with van der Waals surface area (Å²) in [7, 11) is 0. The Morgan fingerprint density at radius 2 is 1.95 bits per heavy atom. The topological polar surface area (TPSA) is 58.6 Å². The van der Waals surface area contributed by atoms with Gasteiger partial charge in [0.25, 0.3) is 5.91 Å². The summed E-state index contributed by atoms with van der Waals surface area (Å²) < 4.78 is 5.54. The Labute approximate surface area is 125 Å². The summed E-state index contributed by atoms with van der Waals surface area (Å²) in [5, 5.41) is 13.4. The fourth-order valence-corrected chi connectivity index (χ4v) is 1.54. The number of ether oxygens (including phenoxy) is 1. The number of amides is 1. The predicted molar refractivity (Wildman–Crippen MR) is 80.1 cm³/mol. The molecule has 112 valence electrons. The van der Waals surface area contributed by atoms with Crippen molar-refractivity contribution in [2.45, 2.75) is 51.9 Å². The quantitative estimate of drug-likeness (QED) is 0.879. The largest absolute Gasteiger partial charge is 0.481 e. The minimum atomic E-state index is -1.04. The lowest BCUT2D eigenvalue weighted by molar-refractivity contribution is -0.132. The average molecular weight is 300 g/mol. The van der Waals surface area contributed by atoms with Crippen LogP contribution in [0.15, 0.2) is 24.3 Å². The van der Waals surface area contributed by atoms with Crippen molar-refractivity contribution in [3.8, 4) is 5.75 Å². The zero-order chi connectivity index (χ0) is 15.6. The van der Waals surface area contributed by atoms with Crippen molar-refractivity contribution in [1.29, 1.82) is 0 Å². The van der Waals surface area contributed by atoms with Gasteiger partial charge in [0.05, 0.1) is 11.1 Å². The average Bonchev–Trinajstić information content (AvgIpc) is 2.26. The molecule has 0 aromatic heterocycles. The molecule has 20 heavy (non-hydrogen) atoms. The first-order chi connectivity index (χ1) is 9.03. The maximum atomic E-state index is 12.1. The van der Waals surface area contributed by atoms with Crippen molar-refractivity contribution >= 4 is 17.5 Å². The van der Waals surface area contributed by atoms with E-state index >= 15 is 0 Å². The highest BCUT2D eigenvalue weighted by atomic mass is 35.5. The zero-order valence-corrected chi connectivity index (χ0v) is 13.3. The molecular formula is C15H22ClNO3. The lowest BCUT2D eigenvalue weighted by atomic mass is 9.86. The second-order valence-corrected chi connectivity index (χ2v) is 6.33. The molecule has 2 N–H and O–H groups in total. The van der Waals surface area contributed by atoms with E-state index in [0.717, 1.165) is 0 Å². The van der Waals surface area contributed by atoms with Crippen LogP contribution in [0, 0.1) is 0 Å². The first kappa shape index (κ1) is 16.8. The Kier molecular flexibility index (Phi) is 5.05. The summed E-state index contributed by atoms with van der Waals surface area (Å²) in [5.41, 5.74) is -1.81. The van der Waals surface area contributed by atoms with Gasteiger partial charge in [-0.15, -0.1) is 0 Å². The Hall–Kier alpha value is -1.26. The predicted octanol–water partition coefficient (Wildman–Crippen LogP) is 2.77. The molecule has 0 aliphatic carbocycles. The fourth-order valence-electron chi connectivity index (χ4n) is 1.36. The van der Waals surface area contributed by atoms with Crippen LogP contribution in [0.3, 0.4) is 0 Å². The smallest absolute Gasteiger partial charge is 0.261 e. The lowest BCUT2D eigenvalue weighted by Crippen LogP contribution is -2.59. The van der Waals surface area contributed by atoms with Gasteiger partial charge in [0, 0.05) is 5.02 Å². The summed E-state index contributed by atoms with van der Waals surface area (Å²) in [6.07, 6.45) is -0.685.